The number of rotatable bonds is 9. The minimum atomic E-state index is -1.11. The van der Waals surface area contributed by atoms with E-state index >= 15 is 0 Å². The average molecular weight is 644 g/mol. The summed E-state index contributed by atoms with van der Waals surface area (Å²) in [6, 6.07) is 19.0. The smallest absolute Gasteiger partial charge is 0.341 e. The normalized spacial score (nSPS) is 15.2. The molecule has 0 spiro atoms. The molecule has 4 rings (SSSR count). The number of hydrogen-bond acceptors (Lipinski definition) is 7. The molecular formula is C27H21IN2O7S. The largest absolute Gasteiger partial charge is 0.493 e. The summed E-state index contributed by atoms with van der Waals surface area (Å²) in [6.07, 6.45) is 1.71. The van der Waals surface area contributed by atoms with Gasteiger partial charge in [-0.2, -0.15) is 0 Å². The molecule has 1 fully saturated rings. The third-order valence-electron chi connectivity index (χ3n) is 5.30. The topological polar surface area (TPSA) is 126 Å². The number of amides is 1. The van der Waals surface area contributed by atoms with Crippen LogP contribution in [0.25, 0.3) is 6.08 Å². The van der Waals surface area contributed by atoms with E-state index in [0.717, 1.165) is 5.56 Å². The number of carbonyl (C=O) groups is 3. The number of carboxylic acids is 2. The van der Waals surface area contributed by atoms with Crippen LogP contribution in [0.15, 0.2) is 76.6 Å². The van der Waals surface area contributed by atoms with Crippen LogP contribution < -0.4 is 9.47 Å². The summed E-state index contributed by atoms with van der Waals surface area (Å²) in [4.78, 5) is 42.3. The van der Waals surface area contributed by atoms with E-state index in [0.29, 0.717) is 36.4 Å². The molecule has 0 radical (unpaired) electrons. The van der Waals surface area contributed by atoms with Gasteiger partial charge in [-0.1, -0.05) is 30.3 Å². The number of methoxy groups -OCH3 is 1. The fraction of sp³-hybridized carbons (Fsp3) is 0.111. The molecule has 1 amide bonds. The number of hydrogen-bond donors (Lipinski definition) is 2. The van der Waals surface area contributed by atoms with E-state index in [2.05, 4.69) is 4.99 Å². The van der Waals surface area contributed by atoms with E-state index in [1.54, 1.807) is 35.2 Å². The molecule has 3 aromatic carbocycles. The first-order valence-electron chi connectivity index (χ1n) is 11.1. The Hall–Kier alpha value is -3.84. The van der Waals surface area contributed by atoms with Crippen molar-refractivity contribution in [2.24, 2.45) is 4.99 Å². The Kier molecular flexibility index (Phi) is 8.69. The molecule has 1 aliphatic rings. The maximum absolute atomic E-state index is 13.5. The van der Waals surface area contributed by atoms with Gasteiger partial charge in [0.25, 0.3) is 5.91 Å². The summed E-state index contributed by atoms with van der Waals surface area (Å²) in [5, 5.41) is 18.6. The van der Waals surface area contributed by atoms with Crippen molar-refractivity contribution in [3.8, 4) is 11.5 Å². The van der Waals surface area contributed by atoms with Gasteiger partial charge in [-0.05, 0) is 88.0 Å². The molecule has 1 aliphatic heterocycles. The standard InChI is InChI=1S/C27H21IN2O7S/c1-36-21-12-17(11-20(28)24(21)37-15-23(31)32)13-22-25(33)30(14-16-7-9-18(10-8-16)26(34)35)27(38-22)29-19-5-3-2-4-6-19/h2-13H,14-15H2,1H3,(H,31,32)(H,34,35). The maximum Gasteiger partial charge on any atom is 0.341 e. The first-order valence-corrected chi connectivity index (χ1v) is 13.0. The minimum absolute atomic E-state index is 0.161. The number of ether oxygens (including phenoxy) is 2. The van der Waals surface area contributed by atoms with Crippen LogP contribution in [-0.4, -0.2) is 51.8 Å². The lowest BCUT2D eigenvalue weighted by atomic mass is 10.1. The highest BCUT2D eigenvalue weighted by Gasteiger charge is 2.33. The Labute approximate surface area is 235 Å². The van der Waals surface area contributed by atoms with Gasteiger partial charge in [0.2, 0.25) is 0 Å². The third-order valence-corrected chi connectivity index (χ3v) is 7.11. The zero-order valence-corrected chi connectivity index (χ0v) is 22.9. The molecule has 0 saturated carbocycles. The van der Waals surface area contributed by atoms with Crippen LogP contribution in [-0.2, 0) is 16.1 Å². The molecule has 1 heterocycles. The molecule has 0 bridgehead atoms. The van der Waals surface area contributed by atoms with Crippen molar-refractivity contribution in [2.45, 2.75) is 6.54 Å². The quantitative estimate of drug-likeness (QED) is 0.239. The summed E-state index contributed by atoms with van der Waals surface area (Å²) < 4.78 is 11.4. The van der Waals surface area contributed by atoms with Crippen molar-refractivity contribution in [1.82, 2.24) is 4.90 Å². The number of amidine groups is 1. The van der Waals surface area contributed by atoms with Gasteiger partial charge in [0, 0.05) is 0 Å². The maximum atomic E-state index is 13.5. The van der Waals surface area contributed by atoms with Crippen molar-refractivity contribution in [2.75, 3.05) is 13.7 Å². The van der Waals surface area contributed by atoms with Crippen LogP contribution in [0.2, 0.25) is 0 Å². The van der Waals surface area contributed by atoms with Crippen LogP contribution in [0.1, 0.15) is 21.5 Å². The zero-order chi connectivity index (χ0) is 27.2. The van der Waals surface area contributed by atoms with E-state index in [4.69, 9.17) is 14.6 Å². The second-order valence-corrected chi connectivity index (χ2v) is 10.1. The van der Waals surface area contributed by atoms with E-state index in [1.807, 2.05) is 52.9 Å². The Bertz CT molecular complexity index is 1440. The first-order chi connectivity index (χ1) is 18.2. The predicted molar refractivity (Wildman–Crippen MR) is 152 cm³/mol. The molecular weight excluding hydrogens is 623 g/mol. The molecule has 0 atom stereocenters. The molecule has 0 unspecified atom stereocenters. The SMILES string of the molecule is COc1cc(C=C2SC(=Nc3ccccc3)N(Cc3ccc(C(=O)O)cc3)C2=O)cc(I)c1OCC(=O)O. The number of halogens is 1. The summed E-state index contributed by atoms with van der Waals surface area (Å²) >= 11 is 3.25. The van der Waals surface area contributed by atoms with Gasteiger partial charge in [-0.15, -0.1) is 0 Å². The third kappa shape index (κ3) is 6.53. The number of aromatic carboxylic acids is 1. The number of aliphatic imine (C=N–C) groups is 1. The number of para-hydroxylation sites is 1. The Balaban J connectivity index is 1.68. The van der Waals surface area contributed by atoms with Crippen LogP contribution in [0, 0.1) is 3.57 Å². The number of nitrogens with zero attached hydrogens (tertiary/aromatic N) is 2. The molecule has 194 valence electrons. The minimum Gasteiger partial charge on any atom is -0.493 e. The van der Waals surface area contributed by atoms with Crippen molar-refractivity contribution < 1.29 is 34.1 Å². The summed E-state index contributed by atoms with van der Waals surface area (Å²) in [7, 11) is 1.45. The van der Waals surface area contributed by atoms with Gasteiger partial charge in [0.15, 0.2) is 23.3 Å². The molecule has 3 aromatic rings. The molecule has 0 aliphatic carbocycles. The van der Waals surface area contributed by atoms with E-state index in [9.17, 15) is 19.5 Å². The van der Waals surface area contributed by atoms with Crippen LogP contribution >= 0.6 is 34.4 Å². The van der Waals surface area contributed by atoms with Crippen molar-refractivity contribution in [3.63, 3.8) is 0 Å². The van der Waals surface area contributed by atoms with Gasteiger partial charge in [0.05, 0.1) is 33.4 Å². The van der Waals surface area contributed by atoms with E-state index < -0.39 is 18.5 Å². The fourth-order valence-corrected chi connectivity index (χ4v) is 5.31. The number of benzene rings is 3. The van der Waals surface area contributed by atoms with Gasteiger partial charge in [-0.3, -0.25) is 9.69 Å². The lowest BCUT2D eigenvalue weighted by Gasteiger charge is -2.16. The monoisotopic (exact) mass is 644 g/mol. The van der Waals surface area contributed by atoms with E-state index in [1.165, 1.54) is 31.0 Å². The zero-order valence-electron chi connectivity index (χ0n) is 20.0. The Morgan fingerprint density at radius 2 is 1.79 bits per heavy atom. The van der Waals surface area contributed by atoms with Gasteiger partial charge >= 0.3 is 11.9 Å². The molecule has 1 saturated heterocycles. The average Bonchev–Trinajstić information content (AvgIpc) is 3.17. The highest BCUT2D eigenvalue weighted by molar-refractivity contribution is 14.1. The van der Waals surface area contributed by atoms with Crippen LogP contribution in [0.4, 0.5) is 5.69 Å². The summed E-state index contributed by atoms with van der Waals surface area (Å²) in [5.74, 6) is -1.74. The van der Waals surface area contributed by atoms with Crippen LogP contribution in [0.3, 0.4) is 0 Å². The summed E-state index contributed by atoms with van der Waals surface area (Å²) in [6.45, 7) is -0.305. The number of aliphatic carboxylic acids is 1. The van der Waals surface area contributed by atoms with Crippen molar-refractivity contribution in [1.29, 1.82) is 0 Å². The van der Waals surface area contributed by atoms with Crippen molar-refractivity contribution in [3.05, 3.63) is 91.9 Å². The Morgan fingerprint density at radius 1 is 1.08 bits per heavy atom. The second kappa shape index (κ2) is 12.1. The first kappa shape index (κ1) is 27.2. The number of carboxylic acid groups (broad SMARTS) is 2. The number of carbonyl (C=O) groups excluding carboxylic acids is 1. The van der Waals surface area contributed by atoms with Crippen LogP contribution in [0.5, 0.6) is 11.5 Å². The van der Waals surface area contributed by atoms with Gasteiger partial charge in [0.1, 0.15) is 0 Å². The molecule has 38 heavy (non-hydrogen) atoms. The Morgan fingerprint density at radius 3 is 2.42 bits per heavy atom. The fourth-order valence-electron chi connectivity index (χ4n) is 3.53. The lowest BCUT2D eigenvalue weighted by Crippen LogP contribution is -2.28. The highest BCUT2D eigenvalue weighted by Crippen LogP contribution is 2.38. The molecule has 2 N–H and O–H groups in total. The van der Waals surface area contributed by atoms with Gasteiger partial charge < -0.3 is 19.7 Å². The van der Waals surface area contributed by atoms with Gasteiger partial charge in [-0.25, -0.2) is 14.6 Å². The molecule has 11 heteroatoms. The molecule has 0 aromatic heterocycles. The molecule has 9 nitrogen and oxygen atoms in total. The predicted octanol–water partition coefficient (Wildman–Crippen LogP) is 5.27. The lowest BCUT2D eigenvalue weighted by molar-refractivity contribution is -0.139. The summed E-state index contributed by atoms with van der Waals surface area (Å²) in [5.41, 5.74) is 2.26. The van der Waals surface area contributed by atoms with E-state index in [-0.39, 0.29) is 18.0 Å². The van der Waals surface area contributed by atoms with Crippen molar-refractivity contribution >= 4 is 69.1 Å². The number of thioether (sulfide) groups is 1. The highest BCUT2D eigenvalue weighted by atomic mass is 127. The second-order valence-electron chi connectivity index (χ2n) is 7.95.